The van der Waals surface area contributed by atoms with Crippen molar-refractivity contribution in [2.75, 3.05) is 6.61 Å². The van der Waals surface area contributed by atoms with Crippen molar-refractivity contribution in [3.8, 4) is 0 Å². The lowest BCUT2D eigenvalue weighted by molar-refractivity contribution is 0.124. The molecule has 0 saturated carbocycles. The molecule has 20 heavy (non-hydrogen) atoms. The van der Waals surface area contributed by atoms with Crippen molar-refractivity contribution in [1.29, 1.82) is 0 Å². The molecule has 0 unspecified atom stereocenters. The van der Waals surface area contributed by atoms with Crippen molar-refractivity contribution in [3.63, 3.8) is 0 Å². The van der Waals surface area contributed by atoms with Crippen molar-refractivity contribution >= 4 is 11.0 Å². The summed E-state index contributed by atoms with van der Waals surface area (Å²) in [6, 6.07) is 16.3. The van der Waals surface area contributed by atoms with Crippen LogP contribution in [-0.4, -0.2) is 16.6 Å². The van der Waals surface area contributed by atoms with Crippen molar-refractivity contribution in [2.24, 2.45) is 0 Å². The van der Waals surface area contributed by atoms with Gasteiger partial charge in [0.25, 0.3) is 0 Å². The fraction of sp³-hybridized carbons (Fsp3) is 0.176. The van der Waals surface area contributed by atoms with Crippen LogP contribution in [0.25, 0.3) is 11.0 Å². The van der Waals surface area contributed by atoms with Gasteiger partial charge in [0.2, 0.25) is 0 Å². The van der Waals surface area contributed by atoms with Gasteiger partial charge in [0, 0.05) is 12.4 Å². The van der Waals surface area contributed by atoms with E-state index in [-0.39, 0.29) is 0 Å². The molecule has 2 aromatic carbocycles. The third kappa shape index (κ3) is 3.00. The second-order valence-electron chi connectivity index (χ2n) is 4.63. The molecule has 3 aromatic rings. The van der Waals surface area contributed by atoms with Gasteiger partial charge in [-0.3, -0.25) is 9.97 Å². The molecule has 0 spiro atoms. The van der Waals surface area contributed by atoms with E-state index in [0.29, 0.717) is 13.2 Å². The molecule has 0 aliphatic carbocycles. The number of aromatic nitrogens is 2. The first kappa shape index (κ1) is 12.8. The normalized spacial score (nSPS) is 10.8. The Kier molecular flexibility index (Phi) is 3.99. The molecule has 3 rings (SSSR count). The summed E-state index contributed by atoms with van der Waals surface area (Å²) in [6.45, 7) is 1.34. The summed E-state index contributed by atoms with van der Waals surface area (Å²) >= 11 is 0. The highest BCUT2D eigenvalue weighted by Gasteiger charge is 2.02. The first-order valence-electron chi connectivity index (χ1n) is 6.74. The largest absolute Gasteiger partial charge is 0.376 e. The minimum absolute atomic E-state index is 0.650. The molecule has 3 heteroatoms. The van der Waals surface area contributed by atoms with E-state index in [1.807, 2.05) is 30.3 Å². The Bertz CT molecular complexity index is 677. The van der Waals surface area contributed by atoms with Gasteiger partial charge >= 0.3 is 0 Å². The summed E-state index contributed by atoms with van der Waals surface area (Å²) in [5, 5.41) is 0. The topological polar surface area (TPSA) is 35.0 Å². The van der Waals surface area contributed by atoms with E-state index in [0.717, 1.165) is 17.5 Å². The van der Waals surface area contributed by atoms with E-state index in [9.17, 15) is 0 Å². The van der Waals surface area contributed by atoms with E-state index in [1.54, 1.807) is 12.4 Å². The van der Waals surface area contributed by atoms with Crippen LogP contribution < -0.4 is 0 Å². The second-order valence-corrected chi connectivity index (χ2v) is 4.63. The van der Waals surface area contributed by atoms with Gasteiger partial charge in [-0.05, 0) is 23.6 Å². The Labute approximate surface area is 118 Å². The van der Waals surface area contributed by atoms with Crippen LogP contribution in [0.4, 0.5) is 0 Å². The molecule has 100 valence electrons. The van der Waals surface area contributed by atoms with Gasteiger partial charge in [-0.25, -0.2) is 0 Å². The summed E-state index contributed by atoms with van der Waals surface area (Å²) in [6.07, 6.45) is 4.30. The Hall–Kier alpha value is -2.26. The predicted molar refractivity (Wildman–Crippen MR) is 79.3 cm³/mol. The van der Waals surface area contributed by atoms with Crippen molar-refractivity contribution in [3.05, 3.63) is 72.1 Å². The van der Waals surface area contributed by atoms with Crippen LogP contribution in [0, 0.1) is 0 Å². The molecule has 1 aromatic heterocycles. The number of benzene rings is 2. The lowest BCUT2D eigenvalue weighted by Gasteiger charge is -2.06. The second kappa shape index (κ2) is 6.26. The smallest absolute Gasteiger partial charge is 0.0919 e. The molecule has 0 radical (unpaired) electrons. The Morgan fingerprint density at radius 3 is 2.60 bits per heavy atom. The Balaban J connectivity index is 1.60. The van der Waals surface area contributed by atoms with Gasteiger partial charge in [-0.1, -0.05) is 42.5 Å². The van der Waals surface area contributed by atoms with Crippen LogP contribution in [0.1, 0.15) is 11.1 Å². The molecule has 0 saturated heterocycles. The Morgan fingerprint density at radius 1 is 0.850 bits per heavy atom. The van der Waals surface area contributed by atoms with Gasteiger partial charge in [-0.2, -0.15) is 0 Å². The maximum Gasteiger partial charge on any atom is 0.0919 e. The zero-order valence-electron chi connectivity index (χ0n) is 11.2. The van der Waals surface area contributed by atoms with Crippen LogP contribution in [0.3, 0.4) is 0 Å². The lowest BCUT2D eigenvalue weighted by atomic mass is 10.1. The highest BCUT2D eigenvalue weighted by molar-refractivity contribution is 5.77. The molecular weight excluding hydrogens is 248 g/mol. The van der Waals surface area contributed by atoms with E-state index >= 15 is 0 Å². The zero-order valence-corrected chi connectivity index (χ0v) is 11.2. The van der Waals surface area contributed by atoms with Gasteiger partial charge in [0.15, 0.2) is 0 Å². The molecule has 3 nitrogen and oxygen atoms in total. The zero-order chi connectivity index (χ0) is 13.6. The number of para-hydroxylation sites is 1. The first-order chi connectivity index (χ1) is 9.93. The average molecular weight is 264 g/mol. The third-order valence-corrected chi connectivity index (χ3v) is 3.21. The third-order valence-electron chi connectivity index (χ3n) is 3.21. The summed E-state index contributed by atoms with van der Waals surface area (Å²) < 4.78 is 5.72. The van der Waals surface area contributed by atoms with Gasteiger partial charge < -0.3 is 4.74 Å². The monoisotopic (exact) mass is 264 g/mol. The summed E-state index contributed by atoms with van der Waals surface area (Å²) in [5.41, 5.74) is 4.29. The van der Waals surface area contributed by atoms with E-state index < -0.39 is 0 Å². The van der Waals surface area contributed by atoms with Gasteiger partial charge in [0.05, 0.1) is 24.2 Å². The number of ether oxygens (including phenoxy) is 1. The molecule has 0 atom stereocenters. The molecule has 0 bridgehead atoms. The van der Waals surface area contributed by atoms with Crippen LogP contribution >= 0.6 is 0 Å². The SMILES string of the molecule is c1ccc(COCCc2cccc3nccnc23)cc1. The molecule has 0 aliphatic rings. The predicted octanol–water partition coefficient (Wildman–Crippen LogP) is 3.39. The first-order valence-corrected chi connectivity index (χ1v) is 6.74. The molecule has 0 fully saturated rings. The molecular formula is C17H16N2O. The van der Waals surface area contributed by atoms with Gasteiger partial charge in [-0.15, -0.1) is 0 Å². The highest BCUT2D eigenvalue weighted by atomic mass is 16.5. The van der Waals surface area contributed by atoms with Crippen LogP contribution in [0.15, 0.2) is 60.9 Å². The lowest BCUT2D eigenvalue weighted by Crippen LogP contribution is -2.00. The fourth-order valence-corrected chi connectivity index (χ4v) is 2.20. The van der Waals surface area contributed by atoms with Crippen molar-refractivity contribution < 1.29 is 4.74 Å². The highest BCUT2D eigenvalue weighted by Crippen LogP contribution is 2.14. The number of nitrogens with zero attached hydrogens (tertiary/aromatic N) is 2. The summed E-state index contributed by atoms with van der Waals surface area (Å²) in [7, 11) is 0. The molecule has 0 amide bonds. The molecule has 0 N–H and O–H groups in total. The minimum Gasteiger partial charge on any atom is -0.376 e. The maximum absolute atomic E-state index is 5.72. The number of hydrogen-bond donors (Lipinski definition) is 0. The van der Waals surface area contributed by atoms with E-state index in [4.69, 9.17) is 4.74 Å². The average Bonchev–Trinajstić information content (AvgIpc) is 2.53. The molecule has 0 aliphatic heterocycles. The minimum atomic E-state index is 0.650. The fourth-order valence-electron chi connectivity index (χ4n) is 2.20. The Morgan fingerprint density at radius 2 is 1.70 bits per heavy atom. The number of fused-ring (bicyclic) bond motifs is 1. The number of hydrogen-bond acceptors (Lipinski definition) is 3. The maximum atomic E-state index is 5.72. The van der Waals surface area contributed by atoms with Crippen LogP contribution in [0.2, 0.25) is 0 Å². The van der Waals surface area contributed by atoms with Crippen molar-refractivity contribution in [1.82, 2.24) is 9.97 Å². The quantitative estimate of drug-likeness (QED) is 0.663. The van der Waals surface area contributed by atoms with Crippen LogP contribution in [0.5, 0.6) is 0 Å². The number of rotatable bonds is 5. The summed E-state index contributed by atoms with van der Waals surface area (Å²) in [5.74, 6) is 0. The van der Waals surface area contributed by atoms with Gasteiger partial charge in [0.1, 0.15) is 0 Å². The van der Waals surface area contributed by atoms with E-state index in [2.05, 4.69) is 28.2 Å². The van der Waals surface area contributed by atoms with Crippen LogP contribution in [-0.2, 0) is 17.8 Å². The van der Waals surface area contributed by atoms with E-state index in [1.165, 1.54) is 11.1 Å². The van der Waals surface area contributed by atoms with Crippen molar-refractivity contribution in [2.45, 2.75) is 13.0 Å². The summed E-state index contributed by atoms with van der Waals surface area (Å²) in [4.78, 5) is 8.71. The molecule has 1 heterocycles. The standard InChI is InChI=1S/C17H16N2O/c1-2-5-14(6-3-1)13-20-12-9-15-7-4-8-16-17(15)19-11-10-18-16/h1-8,10-11H,9,12-13H2.